The topological polar surface area (TPSA) is 64.4 Å². The number of nitrogens with one attached hydrogen (secondary N) is 1. The lowest BCUT2D eigenvalue weighted by Gasteiger charge is -2.14. The molecule has 5 nitrogen and oxygen atoms in total. The van der Waals surface area contributed by atoms with Gasteiger partial charge in [0.1, 0.15) is 11.9 Å². The predicted molar refractivity (Wildman–Crippen MR) is 55.8 cm³/mol. The largest absolute Gasteiger partial charge is 0.301 e. The van der Waals surface area contributed by atoms with Crippen LogP contribution >= 0.6 is 0 Å². The van der Waals surface area contributed by atoms with Gasteiger partial charge < -0.3 is 4.84 Å². The average Bonchev–Trinajstić information content (AvgIpc) is 2.25. The molecular weight excluding hydrogens is 215 g/mol. The quantitative estimate of drug-likeness (QED) is 0.594. The Hall–Kier alpha value is -1.53. The van der Waals surface area contributed by atoms with Crippen molar-refractivity contribution in [1.29, 1.82) is 0 Å². The lowest BCUT2D eigenvalue weighted by molar-refractivity contribution is -0.486. The normalized spacial score (nSPS) is 12.4. The van der Waals surface area contributed by atoms with Crippen molar-refractivity contribution in [3.63, 3.8) is 0 Å². The van der Waals surface area contributed by atoms with Crippen LogP contribution < -0.4 is 5.48 Å². The van der Waals surface area contributed by atoms with Crippen LogP contribution in [0.5, 0.6) is 0 Å². The Morgan fingerprint density at radius 3 is 2.62 bits per heavy atom. The summed E-state index contributed by atoms with van der Waals surface area (Å²) >= 11 is 0. The van der Waals surface area contributed by atoms with Gasteiger partial charge >= 0.3 is 0 Å². The first-order valence-electron chi connectivity index (χ1n) is 4.88. The number of nitrogens with zero attached hydrogens (tertiary/aromatic N) is 1. The van der Waals surface area contributed by atoms with Crippen molar-refractivity contribution >= 4 is 0 Å². The Labute approximate surface area is 92.3 Å². The van der Waals surface area contributed by atoms with Gasteiger partial charge in [0.2, 0.25) is 6.54 Å². The summed E-state index contributed by atoms with van der Waals surface area (Å²) in [4.78, 5) is 14.9. The summed E-state index contributed by atoms with van der Waals surface area (Å²) in [5.74, 6) is -0.375. The third-order valence-corrected chi connectivity index (χ3v) is 1.97. The van der Waals surface area contributed by atoms with Gasteiger partial charge in [0.25, 0.3) is 0 Å². The van der Waals surface area contributed by atoms with Gasteiger partial charge in [0.15, 0.2) is 0 Å². The molecule has 16 heavy (non-hydrogen) atoms. The number of rotatable bonds is 6. The summed E-state index contributed by atoms with van der Waals surface area (Å²) in [5.41, 5.74) is 3.19. The molecule has 1 rings (SSSR count). The van der Waals surface area contributed by atoms with E-state index in [1.54, 1.807) is 6.92 Å². The van der Waals surface area contributed by atoms with Crippen LogP contribution in [0.15, 0.2) is 24.3 Å². The van der Waals surface area contributed by atoms with Crippen LogP contribution in [0.3, 0.4) is 0 Å². The number of benzene rings is 1. The third kappa shape index (κ3) is 3.92. The molecule has 1 N–H and O–H groups in total. The highest BCUT2D eigenvalue weighted by molar-refractivity contribution is 5.19. The Bertz CT molecular complexity index is 342. The number of hydrogen-bond acceptors (Lipinski definition) is 4. The first kappa shape index (κ1) is 12.5. The maximum atomic E-state index is 12.7. The van der Waals surface area contributed by atoms with Gasteiger partial charge in [-0.05, 0) is 24.6 Å². The van der Waals surface area contributed by atoms with Crippen LogP contribution in [-0.2, 0) is 4.84 Å². The Kier molecular flexibility index (Phi) is 4.81. The van der Waals surface area contributed by atoms with Gasteiger partial charge in [-0.25, -0.2) is 4.39 Å². The molecule has 0 aliphatic rings. The molecular formula is C10H13FN2O3. The first-order chi connectivity index (χ1) is 7.63. The summed E-state index contributed by atoms with van der Waals surface area (Å²) in [6.07, 6.45) is 0. The summed E-state index contributed by atoms with van der Waals surface area (Å²) in [6.45, 7) is 1.85. The van der Waals surface area contributed by atoms with E-state index in [9.17, 15) is 14.5 Å². The molecule has 1 aromatic rings. The van der Waals surface area contributed by atoms with E-state index in [1.165, 1.54) is 24.3 Å². The maximum Gasteiger partial charge on any atom is 0.225 e. The van der Waals surface area contributed by atoms with E-state index in [4.69, 9.17) is 4.84 Å². The number of halogens is 1. The average molecular weight is 228 g/mol. The molecule has 0 saturated carbocycles. The zero-order valence-corrected chi connectivity index (χ0v) is 8.85. The molecule has 0 amide bonds. The predicted octanol–water partition coefficient (Wildman–Crippen LogP) is 1.68. The minimum absolute atomic E-state index is 0.314. The van der Waals surface area contributed by atoms with Crippen molar-refractivity contribution in [2.45, 2.75) is 13.0 Å². The second-order valence-electron chi connectivity index (χ2n) is 3.17. The lowest BCUT2D eigenvalue weighted by Crippen LogP contribution is -2.28. The summed E-state index contributed by atoms with van der Waals surface area (Å²) < 4.78 is 12.7. The van der Waals surface area contributed by atoms with E-state index < -0.39 is 11.0 Å². The summed E-state index contributed by atoms with van der Waals surface area (Å²) in [6, 6.07) is 4.94. The van der Waals surface area contributed by atoms with E-state index in [0.717, 1.165) is 0 Å². The monoisotopic (exact) mass is 228 g/mol. The van der Waals surface area contributed by atoms with Crippen molar-refractivity contribution in [3.05, 3.63) is 45.8 Å². The molecule has 1 unspecified atom stereocenters. The maximum absolute atomic E-state index is 12.7. The van der Waals surface area contributed by atoms with E-state index in [2.05, 4.69) is 5.48 Å². The van der Waals surface area contributed by atoms with E-state index >= 15 is 0 Å². The second-order valence-corrected chi connectivity index (χ2v) is 3.17. The van der Waals surface area contributed by atoms with Crippen molar-refractivity contribution in [2.24, 2.45) is 0 Å². The van der Waals surface area contributed by atoms with Gasteiger partial charge in [-0.2, -0.15) is 5.48 Å². The molecule has 0 radical (unpaired) electrons. The summed E-state index contributed by atoms with van der Waals surface area (Å²) in [7, 11) is 0. The van der Waals surface area contributed by atoms with Gasteiger partial charge in [-0.3, -0.25) is 10.1 Å². The lowest BCUT2D eigenvalue weighted by atomic mass is 10.1. The SMILES string of the molecule is CCONC(C[N+](=O)[O-])c1ccc(F)cc1. The minimum Gasteiger partial charge on any atom is -0.301 e. The van der Waals surface area contributed by atoms with Gasteiger partial charge in [0.05, 0.1) is 6.61 Å². The van der Waals surface area contributed by atoms with Crippen LogP contribution in [0, 0.1) is 15.9 Å². The fourth-order valence-electron chi connectivity index (χ4n) is 1.24. The van der Waals surface area contributed by atoms with E-state index in [-0.39, 0.29) is 12.4 Å². The molecule has 0 aliphatic carbocycles. The van der Waals surface area contributed by atoms with Crippen molar-refractivity contribution in [2.75, 3.05) is 13.2 Å². The molecule has 0 heterocycles. The number of nitro groups is 1. The Balaban J connectivity index is 2.74. The van der Waals surface area contributed by atoms with Gasteiger partial charge in [-0.15, -0.1) is 0 Å². The molecule has 1 aromatic carbocycles. The minimum atomic E-state index is -0.574. The molecule has 0 aromatic heterocycles. The summed E-state index contributed by atoms with van der Waals surface area (Å²) in [5, 5.41) is 10.4. The fraction of sp³-hybridized carbons (Fsp3) is 0.400. The van der Waals surface area contributed by atoms with Crippen molar-refractivity contribution in [3.8, 4) is 0 Å². The molecule has 1 atom stereocenters. The molecule has 6 heteroatoms. The molecule has 88 valence electrons. The van der Waals surface area contributed by atoms with Crippen molar-refractivity contribution in [1.82, 2.24) is 5.48 Å². The molecule has 0 spiro atoms. The van der Waals surface area contributed by atoms with Crippen LogP contribution in [-0.4, -0.2) is 18.1 Å². The molecule has 0 aliphatic heterocycles. The van der Waals surface area contributed by atoms with E-state index in [0.29, 0.717) is 12.2 Å². The van der Waals surface area contributed by atoms with E-state index in [1.807, 2.05) is 0 Å². The molecule has 0 bridgehead atoms. The Morgan fingerprint density at radius 1 is 1.50 bits per heavy atom. The fourth-order valence-corrected chi connectivity index (χ4v) is 1.24. The second kappa shape index (κ2) is 6.14. The number of hydroxylamine groups is 1. The molecule has 0 saturated heterocycles. The zero-order valence-electron chi connectivity index (χ0n) is 8.85. The standard InChI is InChI=1S/C10H13FN2O3/c1-2-16-12-10(7-13(14)15)8-3-5-9(11)6-4-8/h3-6,10,12H,2,7H2,1H3. The van der Waals surface area contributed by atoms with Crippen LogP contribution in [0.4, 0.5) is 4.39 Å². The third-order valence-electron chi connectivity index (χ3n) is 1.97. The first-order valence-corrected chi connectivity index (χ1v) is 4.88. The van der Waals surface area contributed by atoms with Crippen LogP contribution in [0.25, 0.3) is 0 Å². The Morgan fingerprint density at radius 2 is 2.12 bits per heavy atom. The highest BCUT2D eigenvalue weighted by atomic mass is 19.1. The van der Waals surface area contributed by atoms with Crippen LogP contribution in [0.2, 0.25) is 0 Å². The zero-order chi connectivity index (χ0) is 12.0. The highest BCUT2D eigenvalue weighted by Crippen LogP contribution is 2.13. The van der Waals surface area contributed by atoms with Crippen molar-refractivity contribution < 1.29 is 14.2 Å². The number of hydrogen-bond donors (Lipinski definition) is 1. The van der Waals surface area contributed by atoms with Crippen LogP contribution in [0.1, 0.15) is 18.5 Å². The smallest absolute Gasteiger partial charge is 0.225 e. The van der Waals surface area contributed by atoms with Gasteiger partial charge in [-0.1, -0.05) is 12.1 Å². The van der Waals surface area contributed by atoms with Gasteiger partial charge in [0, 0.05) is 4.92 Å². The highest BCUT2D eigenvalue weighted by Gasteiger charge is 2.17. The molecule has 0 fully saturated rings.